The lowest BCUT2D eigenvalue weighted by molar-refractivity contribution is -0.107. The van der Waals surface area contributed by atoms with Crippen molar-refractivity contribution in [3.05, 3.63) is 42.5 Å². The van der Waals surface area contributed by atoms with Crippen molar-refractivity contribution in [1.29, 1.82) is 0 Å². The van der Waals surface area contributed by atoms with E-state index in [9.17, 15) is 9.90 Å². The standard InChI is InChI=1S/C19H29NO3/c1-3-9-17-11-6-7-12-19(17)23-15-18(22)14-20-16(2)10-5-4-8-13-21/h3,6-7,11-13,16,18,20,22H,1,4-5,8-10,14-15H2,2H3. The van der Waals surface area contributed by atoms with Crippen molar-refractivity contribution < 1.29 is 14.6 Å². The lowest BCUT2D eigenvalue weighted by Gasteiger charge is -2.18. The first-order valence-electron chi connectivity index (χ1n) is 8.34. The number of benzene rings is 1. The minimum absolute atomic E-state index is 0.263. The SMILES string of the molecule is C=CCc1ccccc1OCC(O)CNC(C)CCCCC=O. The summed E-state index contributed by atoms with van der Waals surface area (Å²) in [5.74, 6) is 0.799. The average Bonchev–Trinajstić information content (AvgIpc) is 2.56. The second kappa shape index (κ2) is 11.9. The van der Waals surface area contributed by atoms with Crippen LogP contribution in [0, 0.1) is 0 Å². The van der Waals surface area contributed by atoms with E-state index in [0.717, 1.165) is 43.3 Å². The fourth-order valence-corrected chi connectivity index (χ4v) is 2.33. The molecule has 23 heavy (non-hydrogen) atoms. The Balaban J connectivity index is 2.25. The number of aldehydes is 1. The summed E-state index contributed by atoms with van der Waals surface area (Å²) in [6.45, 7) is 6.60. The van der Waals surface area contributed by atoms with Crippen molar-refractivity contribution in [3.63, 3.8) is 0 Å². The van der Waals surface area contributed by atoms with Gasteiger partial charge >= 0.3 is 0 Å². The van der Waals surface area contributed by atoms with Crippen LogP contribution in [-0.2, 0) is 11.2 Å². The largest absolute Gasteiger partial charge is 0.491 e. The first-order chi connectivity index (χ1) is 11.2. The van der Waals surface area contributed by atoms with Crippen molar-refractivity contribution in [1.82, 2.24) is 5.32 Å². The van der Waals surface area contributed by atoms with Gasteiger partial charge in [0.05, 0.1) is 0 Å². The Kier molecular flexibility index (Phi) is 10.00. The Morgan fingerprint density at radius 2 is 2.13 bits per heavy atom. The first kappa shape index (κ1) is 19.4. The number of rotatable bonds is 13. The molecule has 0 saturated carbocycles. The van der Waals surface area contributed by atoms with Gasteiger partial charge in [-0.2, -0.15) is 0 Å². The van der Waals surface area contributed by atoms with Gasteiger partial charge in [-0.1, -0.05) is 30.7 Å². The van der Waals surface area contributed by atoms with E-state index in [1.54, 1.807) is 0 Å². The molecule has 0 bridgehead atoms. The number of nitrogens with one attached hydrogen (secondary N) is 1. The van der Waals surface area contributed by atoms with Gasteiger partial charge in [0.1, 0.15) is 24.7 Å². The number of ether oxygens (including phenoxy) is 1. The Bertz CT molecular complexity index is 462. The van der Waals surface area contributed by atoms with Gasteiger partial charge < -0.3 is 20.0 Å². The highest BCUT2D eigenvalue weighted by Crippen LogP contribution is 2.18. The van der Waals surface area contributed by atoms with Crippen LogP contribution in [0.1, 0.15) is 38.2 Å². The summed E-state index contributed by atoms with van der Waals surface area (Å²) in [5, 5.41) is 13.3. The fourth-order valence-electron chi connectivity index (χ4n) is 2.33. The van der Waals surface area contributed by atoms with Crippen molar-refractivity contribution in [3.8, 4) is 5.75 Å². The number of allylic oxidation sites excluding steroid dienone is 1. The highest BCUT2D eigenvalue weighted by molar-refractivity contribution is 5.48. The lowest BCUT2D eigenvalue weighted by Crippen LogP contribution is -2.36. The fraction of sp³-hybridized carbons (Fsp3) is 0.526. The molecule has 1 aromatic carbocycles. The number of unbranched alkanes of at least 4 members (excludes halogenated alkanes) is 2. The molecular formula is C19H29NO3. The van der Waals surface area contributed by atoms with Gasteiger partial charge in [-0.05, 0) is 37.8 Å². The van der Waals surface area contributed by atoms with E-state index in [0.29, 0.717) is 19.0 Å². The van der Waals surface area contributed by atoms with E-state index in [4.69, 9.17) is 4.74 Å². The van der Waals surface area contributed by atoms with Crippen LogP contribution in [0.15, 0.2) is 36.9 Å². The highest BCUT2D eigenvalue weighted by Gasteiger charge is 2.09. The van der Waals surface area contributed by atoms with Gasteiger partial charge in [0.25, 0.3) is 0 Å². The maximum Gasteiger partial charge on any atom is 0.122 e. The predicted octanol–water partition coefficient (Wildman–Crippen LogP) is 2.89. The number of aliphatic hydroxyl groups excluding tert-OH is 1. The summed E-state index contributed by atoms with van der Waals surface area (Å²) >= 11 is 0. The maximum atomic E-state index is 10.3. The monoisotopic (exact) mass is 319 g/mol. The number of para-hydroxylation sites is 1. The van der Waals surface area contributed by atoms with Crippen LogP contribution in [0.4, 0.5) is 0 Å². The Labute approximate surface area is 139 Å². The van der Waals surface area contributed by atoms with Gasteiger partial charge in [0, 0.05) is 19.0 Å². The summed E-state index contributed by atoms with van der Waals surface area (Å²) in [7, 11) is 0. The number of hydrogen-bond acceptors (Lipinski definition) is 4. The second-order valence-corrected chi connectivity index (χ2v) is 5.83. The van der Waals surface area contributed by atoms with Gasteiger partial charge in [0.15, 0.2) is 0 Å². The number of aliphatic hydroxyl groups is 1. The van der Waals surface area contributed by atoms with Gasteiger partial charge in [0.2, 0.25) is 0 Å². The van der Waals surface area contributed by atoms with E-state index >= 15 is 0 Å². The first-order valence-corrected chi connectivity index (χ1v) is 8.34. The molecule has 1 aromatic rings. The number of carbonyl (C=O) groups excluding carboxylic acids is 1. The Hall–Kier alpha value is -1.65. The number of hydrogen-bond donors (Lipinski definition) is 2. The van der Waals surface area contributed by atoms with E-state index in [1.807, 2.05) is 30.3 Å². The number of carbonyl (C=O) groups is 1. The molecule has 2 N–H and O–H groups in total. The van der Waals surface area contributed by atoms with E-state index in [-0.39, 0.29) is 6.61 Å². The maximum absolute atomic E-state index is 10.3. The third-order valence-corrected chi connectivity index (χ3v) is 3.68. The van der Waals surface area contributed by atoms with Crippen LogP contribution < -0.4 is 10.1 Å². The molecule has 4 heteroatoms. The molecule has 0 aliphatic rings. The zero-order chi connectivity index (χ0) is 16.9. The normalized spacial score (nSPS) is 13.3. The van der Waals surface area contributed by atoms with Crippen LogP contribution >= 0.6 is 0 Å². The van der Waals surface area contributed by atoms with Crippen LogP contribution in [0.25, 0.3) is 0 Å². The zero-order valence-corrected chi connectivity index (χ0v) is 14.0. The van der Waals surface area contributed by atoms with Crippen molar-refractivity contribution in [2.24, 2.45) is 0 Å². The molecule has 0 saturated heterocycles. The zero-order valence-electron chi connectivity index (χ0n) is 14.0. The van der Waals surface area contributed by atoms with Crippen LogP contribution in [0.2, 0.25) is 0 Å². The van der Waals surface area contributed by atoms with Gasteiger partial charge in [-0.3, -0.25) is 0 Å². The highest BCUT2D eigenvalue weighted by atomic mass is 16.5. The van der Waals surface area contributed by atoms with Crippen LogP contribution in [-0.4, -0.2) is 36.7 Å². The van der Waals surface area contributed by atoms with Crippen LogP contribution in [0.5, 0.6) is 5.75 Å². The third kappa shape index (κ3) is 8.53. The summed E-state index contributed by atoms with van der Waals surface area (Å²) in [6.07, 6.45) is 6.59. The molecule has 2 atom stereocenters. The van der Waals surface area contributed by atoms with Gasteiger partial charge in [-0.15, -0.1) is 6.58 Å². The summed E-state index contributed by atoms with van der Waals surface area (Å²) in [5.41, 5.74) is 1.08. The second-order valence-electron chi connectivity index (χ2n) is 5.83. The quantitative estimate of drug-likeness (QED) is 0.333. The Morgan fingerprint density at radius 1 is 1.35 bits per heavy atom. The third-order valence-electron chi connectivity index (χ3n) is 3.68. The molecule has 0 spiro atoms. The summed E-state index contributed by atoms with van der Waals surface area (Å²) in [6, 6.07) is 8.13. The van der Waals surface area contributed by atoms with Crippen molar-refractivity contribution in [2.75, 3.05) is 13.2 Å². The molecular weight excluding hydrogens is 290 g/mol. The molecule has 1 rings (SSSR count). The molecule has 0 amide bonds. The van der Waals surface area contributed by atoms with Crippen molar-refractivity contribution in [2.45, 2.75) is 51.2 Å². The smallest absolute Gasteiger partial charge is 0.122 e. The molecule has 0 aliphatic carbocycles. The molecule has 0 fully saturated rings. The molecule has 2 unspecified atom stereocenters. The molecule has 4 nitrogen and oxygen atoms in total. The topological polar surface area (TPSA) is 58.6 Å². The molecule has 0 heterocycles. The summed E-state index contributed by atoms with van der Waals surface area (Å²) in [4.78, 5) is 10.3. The molecule has 0 aliphatic heterocycles. The molecule has 128 valence electrons. The average molecular weight is 319 g/mol. The van der Waals surface area contributed by atoms with E-state index < -0.39 is 6.10 Å². The predicted molar refractivity (Wildman–Crippen MR) is 93.8 cm³/mol. The molecule has 0 radical (unpaired) electrons. The van der Waals surface area contributed by atoms with E-state index in [1.165, 1.54) is 0 Å². The summed E-state index contributed by atoms with van der Waals surface area (Å²) < 4.78 is 5.72. The minimum atomic E-state index is -0.552. The lowest BCUT2D eigenvalue weighted by atomic mass is 10.1. The Morgan fingerprint density at radius 3 is 2.87 bits per heavy atom. The van der Waals surface area contributed by atoms with Crippen molar-refractivity contribution >= 4 is 6.29 Å². The van der Waals surface area contributed by atoms with Crippen LogP contribution in [0.3, 0.4) is 0 Å². The molecule has 0 aromatic heterocycles. The minimum Gasteiger partial charge on any atom is -0.491 e. The van der Waals surface area contributed by atoms with E-state index in [2.05, 4.69) is 18.8 Å². The van der Waals surface area contributed by atoms with Gasteiger partial charge in [-0.25, -0.2) is 0 Å².